The zero-order valence-electron chi connectivity index (χ0n) is 16.7. The molecule has 2 aliphatic heterocycles. The van der Waals surface area contributed by atoms with E-state index in [9.17, 15) is 9.59 Å². The first kappa shape index (κ1) is 19.4. The quantitative estimate of drug-likeness (QED) is 0.809. The van der Waals surface area contributed by atoms with Crippen molar-refractivity contribution in [1.29, 1.82) is 0 Å². The van der Waals surface area contributed by atoms with Crippen LogP contribution < -0.4 is 5.32 Å². The molecule has 1 atom stereocenters. The highest BCUT2D eigenvalue weighted by atomic mass is 16.5. The number of carbonyl (C=O) groups excluding carboxylic acids is 2. The molecule has 0 saturated carbocycles. The number of rotatable bonds is 5. The van der Waals surface area contributed by atoms with Crippen molar-refractivity contribution in [2.24, 2.45) is 0 Å². The highest BCUT2D eigenvalue weighted by Gasteiger charge is 2.38. The van der Waals surface area contributed by atoms with Gasteiger partial charge in [-0.15, -0.1) is 0 Å². The summed E-state index contributed by atoms with van der Waals surface area (Å²) < 4.78 is 5.38. The molecular formula is C21H29N3O3. The van der Waals surface area contributed by atoms with Crippen LogP contribution in [0.4, 0.5) is 4.79 Å². The number of esters is 1. The summed E-state index contributed by atoms with van der Waals surface area (Å²) in [6, 6.07) is 5.39. The molecule has 0 radical (unpaired) electrons. The van der Waals surface area contributed by atoms with E-state index in [1.165, 1.54) is 0 Å². The molecule has 0 bridgehead atoms. The maximum atomic E-state index is 12.9. The molecule has 1 fully saturated rings. The Kier molecular flexibility index (Phi) is 5.85. The lowest BCUT2D eigenvalue weighted by atomic mass is 9.90. The van der Waals surface area contributed by atoms with Gasteiger partial charge in [0.05, 0.1) is 18.2 Å². The van der Waals surface area contributed by atoms with E-state index in [1.807, 2.05) is 26.0 Å². The van der Waals surface area contributed by atoms with Gasteiger partial charge < -0.3 is 10.1 Å². The summed E-state index contributed by atoms with van der Waals surface area (Å²) >= 11 is 0. The van der Waals surface area contributed by atoms with Crippen LogP contribution >= 0.6 is 0 Å². The van der Waals surface area contributed by atoms with Crippen LogP contribution in [-0.4, -0.2) is 55.1 Å². The predicted molar refractivity (Wildman–Crippen MR) is 104 cm³/mol. The Morgan fingerprint density at radius 2 is 1.96 bits per heavy atom. The van der Waals surface area contributed by atoms with Crippen molar-refractivity contribution in [2.45, 2.75) is 39.7 Å². The van der Waals surface area contributed by atoms with Crippen molar-refractivity contribution in [3.05, 3.63) is 46.2 Å². The maximum absolute atomic E-state index is 12.9. The van der Waals surface area contributed by atoms with Crippen LogP contribution in [0.2, 0.25) is 0 Å². The van der Waals surface area contributed by atoms with Gasteiger partial charge in [-0.3, -0.25) is 9.80 Å². The number of amides is 2. The number of carbonyl (C=O) groups is 2. The summed E-state index contributed by atoms with van der Waals surface area (Å²) in [6.07, 6.45) is 2.30. The van der Waals surface area contributed by atoms with Gasteiger partial charge in [-0.1, -0.05) is 23.8 Å². The van der Waals surface area contributed by atoms with Crippen molar-refractivity contribution in [3.8, 4) is 0 Å². The number of hydrogen-bond acceptors (Lipinski definition) is 4. The molecule has 2 amide bonds. The zero-order valence-corrected chi connectivity index (χ0v) is 16.7. The minimum Gasteiger partial charge on any atom is -0.463 e. The van der Waals surface area contributed by atoms with Crippen molar-refractivity contribution < 1.29 is 14.3 Å². The fourth-order valence-electron chi connectivity index (χ4n) is 3.93. The van der Waals surface area contributed by atoms with Crippen molar-refractivity contribution in [1.82, 2.24) is 15.1 Å². The number of urea groups is 1. The Labute approximate surface area is 161 Å². The zero-order chi connectivity index (χ0) is 19.6. The molecule has 2 heterocycles. The number of likely N-dealkylation sites (N-methyl/N-ethyl adjacent to an activating group) is 1. The first-order chi connectivity index (χ1) is 12.9. The van der Waals surface area contributed by atoms with Gasteiger partial charge in [0.2, 0.25) is 0 Å². The fourth-order valence-corrected chi connectivity index (χ4v) is 3.93. The lowest BCUT2D eigenvalue weighted by Gasteiger charge is -2.36. The summed E-state index contributed by atoms with van der Waals surface area (Å²) in [7, 11) is 1.72. The fraction of sp³-hybridized carbons (Fsp3) is 0.524. The van der Waals surface area contributed by atoms with E-state index < -0.39 is 6.04 Å². The van der Waals surface area contributed by atoms with E-state index in [1.54, 1.807) is 18.9 Å². The molecule has 1 aromatic carbocycles. The minimum atomic E-state index is -0.494. The largest absolute Gasteiger partial charge is 0.463 e. The summed E-state index contributed by atoms with van der Waals surface area (Å²) in [6.45, 7) is 8.71. The van der Waals surface area contributed by atoms with Crippen LogP contribution in [0.25, 0.3) is 0 Å². The van der Waals surface area contributed by atoms with Gasteiger partial charge in [-0.25, -0.2) is 9.59 Å². The molecule has 0 aliphatic carbocycles. The lowest BCUT2D eigenvalue weighted by Crippen LogP contribution is -2.49. The van der Waals surface area contributed by atoms with E-state index in [2.05, 4.69) is 16.3 Å². The molecule has 27 heavy (non-hydrogen) atoms. The third kappa shape index (κ3) is 4.00. The van der Waals surface area contributed by atoms with Crippen LogP contribution in [0.3, 0.4) is 0 Å². The van der Waals surface area contributed by atoms with E-state index in [4.69, 9.17) is 4.74 Å². The Morgan fingerprint density at radius 3 is 2.59 bits per heavy atom. The van der Waals surface area contributed by atoms with Crippen molar-refractivity contribution in [3.63, 3.8) is 0 Å². The lowest BCUT2D eigenvalue weighted by molar-refractivity contribution is -0.139. The Bertz CT molecular complexity index is 766. The second-order valence-corrected chi connectivity index (χ2v) is 7.37. The smallest absolute Gasteiger partial charge is 0.338 e. The van der Waals surface area contributed by atoms with Crippen molar-refractivity contribution in [2.75, 3.05) is 33.3 Å². The van der Waals surface area contributed by atoms with Gasteiger partial charge in [-0.05, 0) is 57.8 Å². The summed E-state index contributed by atoms with van der Waals surface area (Å²) in [4.78, 5) is 29.5. The number of benzene rings is 1. The Hall–Kier alpha value is -2.34. The molecule has 0 spiro atoms. The van der Waals surface area contributed by atoms with Gasteiger partial charge in [0, 0.05) is 19.3 Å². The molecule has 2 aliphatic rings. The second kappa shape index (κ2) is 8.13. The first-order valence-corrected chi connectivity index (χ1v) is 9.66. The van der Waals surface area contributed by atoms with Crippen molar-refractivity contribution >= 4 is 12.0 Å². The molecule has 6 heteroatoms. The van der Waals surface area contributed by atoms with Gasteiger partial charge in [0.1, 0.15) is 0 Å². The van der Waals surface area contributed by atoms with Gasteiger partial charge in [0.25, 0.3) is 0 Å². The third-order valence-electron chi connectivity index (χ3n) is 5.38. The number of nitrogens with one attached hydrogen (secondary N) is 1. The molecular weight excluding hydrogens is 342 g/mol. The molecule has 146 valence electrons. The first-order valence-electron chi connectivity index (χ1n) is 9.66. The normalized spacial score (nSPS) is 20.8. The highest BCUT2D eigenvalue weighted by molar-refractivity contribution is 5.95. The van der Waals surface area contributed by atoms with Gasteiger partial charge >= 0.3 is 12.0 Å². The average molecular weight is 371 g/mol. The van der Waals surface area contributed by atoms with Crippen LogP contribution in [0, 0.1) is 13.8 Å². The third-order valence-corrected chi connectivity index (χ3v) is 5.38. The minimum absolute atomic E-state index is 0.192. The number of ether oxygens (including phenoxy) is 1. The average Bonchev–Trinajstić information content (AvgIpc) is 3.12. The molecule has 1 aromatic rings. The molecule has 6 nitrogen and oxygen atoms in total. The number of nitrogens with zero attached hydrogens (tertiary/aromatic N) is 2. The van der Waals surface area contributed by atoms with Crippen LogP contribution in [-0.2, 0) is 9.53 Å². The van der Waals surface area contributed by atoms with E-state index in [0.29, 0.717) is 18.7 Å². The predicted octanol–water partition coefficient (Wildman–Crippen LogP) is 2.91. The number of hydrogen-bond donors (Lipinski definition) is 1. The van der Waals surface area contributed by atoms with Crippen LogP contribution in [0.5, 0.6) is 0 Å². The maximum Gasteiger partial charge on any atom is 0.338 e. The molecule has 1 saturated heterocycles. The van der Waals surface area contributed by atoms with Gasteiger partial charge in [-0.2, -0.15) is 0 Å². The van der Waals surface area contributed by atoms with Gasteiger partial charge in [0.15, 0.2) is 0 Å². The highest BCUT2D eigenvalue weighted by Crippen LogP contribution is 2.33. The standard InChI is InChI=1S/C21H29N3O3/c1-5-27-20(25)18-17(13-24-10-6-7-11-24)23(4)21(26)22-19(18)16-9-8-14(2)12-15(16)3/h8-9,12,19H,5-7,10-11,13H2,1-4H3,(H,22,26). The SMILES string of the molecule is CCOC(=O)C1=C(CN2CCCC2)N(C)C(=O)NC1c1ccc(C)cc1C. The van der Waals surface area contributed by atoms with Crippen LogP contribution in [0.15, 0.2) is 29.5 Å². The summed E-state index contributed by atoms with van der Waals surface area (Å²) in [5.74, 6) is -0.358. The Morgan fingerprint density at radius 1 is 1.26 bits per heavy atom. The monoisotopic (exact) mass is 371 g/mol. The second-order valence-electron chi connectivity index (χ2n) is 7.37. The Balaban J connectivity index is 2.09. The van der Waals surface area contributed by atoms with Crippen LogP contribution in [0.1, 0.15) is 42.5 Å². The van der Waals surface area contributed by atoms with E-state index in [-0.39, 0.29) is 12.0 Å². The molecule has 3 rings (SSSR count). The molecule has 0 aromatic heterocycles. The van der Waals surface area contributed by atoms with E-state index in [0.717, 1.165) is 48.3 Å². The summed E-state index contributed by atoms with van der Waals surface area (Å²) in [5, 5.41) is 3.00. The molecule has 1 N–H and O–H groups in total. The van der Waals surface area contributed by atoms with E-state index >= 15 is 0 Å². The molecule has 1 unspecified atom stereocenters. The number of likely N-dealkylation sites (tertiary alicyclic amines) is 1. The topological polar surface area (TPSA) is 61.9 Å². The summed E-state index contributed by atoms with van der Waals surface area (Å²) in [5.41, 5.74) is 4.41. The number of aryl methyl sites for hydroxylation is 2.